The Hall–Kier alpha value is -2.42. The molecule has 2 aromatic carbocycles. The Morgan fingerprint density at radius 2 is 1.91 bits per heavy atom. The van der Waals surface area contributed by atoms with Gasteiger partial charge in [0.1, 0.15) is 0 Å². The first kappa shape index (κ1) is 14.5. The zero-order chi connectivity index (χ0) is 15.7. The number of carboxylic acid groups (broad SMARTS) is 1. The lowest BCUT2D eigenvalue weighted by Gasteiger charge is -2.04. The lowest BCUT2D eigenvalue weighted by atomic mass is 10.2. The molecule has 7 heteroatoms. The van der Waals surface area contributed by atoms with E-state index in [1.54, 1.807) is 18.2 Å². The number of carboxylic acids is 1. The molecule has 110 valence electrons. The highest BCUT2D eigenvalue weighted by molar-refractivity contribution is 14.1. The summed E-state index contributed by atoms with van der Waals surface area (Å²) in [5.74, 6) is -1.44. The van der Waals surface area contributed by atoms with Gasteiger partial charge in [0, 0.05) is 14.5 Å². The first-order valence-electron chi connectivity index (χ1n) is 6.29. The topological polar surface area (TPSA) is 101 Å². The van der Waals surface area contributed by atoms with Gasteiger partial charge in [-0.1, -0.05) is 30.3 Å². The fourth-order valence-electron chi connectivity index (χ4n) is 2.09. The number of H-pyrrole nitrogens is 1. The second kappa shape index (κ2) is 5.76. The van der Waals surface area contributed by atoms with Crippen LogP contribution in [0.2, 0.25) is 0 Å². The van der Waals surface area contributed by atoms with Crippen LogP contribution in [0.25, 0.3) is 10.9 Å². The average molecular weight is 406 g/mol. The molecule has 0 aliphatic carbocycles. The number of nitrogens with zero attached hydrogens (tertiary/aromatic N) is 2. The van der Waals surface area contributed by atoms with Gasteiger partial charge in [-0.25, -0.2) is 0 Å². The van der Waals surface area contributed by atoms with E-state index < -0.39 is 5.97 Å². The van der Waals surface area contributed by atoms with Crippen LogP contribution in [-0.2, 0) is 0 Å². The number of rotatable bonds is 3. The lowest BCUT2D eigenvalue weighted by Crippen LogP contribution is -2.22. The molecule has 0 spiro atoms. The van der Waals surface area contributed by atoms with Crippen molar-refractivity contribution in [3.05, 3.63) is 51.6 Å². The van der Waals surface area contributed by atoms with Crippen molar-refractivity contribution in [3.8, 4) is 5.88 Å². The van der Waals surface area contributed by atoms with E-state index in [1.807, 2.05) is 12.1 Å². The molecule has 0 saturated carbocycles. The molecule has 6 nitrogen and oxygen atoms in total. The van der Waals surface area contributed by atoms with Crippen LogP contribution in [0.15, 0.2) is 52.7 Å². The number of hydrogen-bond acceptors (Lipinski definition) is 5. The number of carbonyl (C=O) groups excluding carboxylic acids is 1. The predicted octanol–water partition coefficient (Wildman–Crippen LogP) is 3.26. The van der Waals surface area contributed by atoms with Gasteiger partial charge < -0.3 is 20.0 Å². The number of hydrogen-bond donors (Lipinski definition) is 2. The van der Waals surface area contributed by atoms with Crippen LogP contribution in [0.1, 0.15) is 10.4 Å². The Labute approximate surface area is 138 Å². The number of aromatic nitrogens is 1. The SMILES string of the molecule is O=C([O-])c1ccccc1N=Nc1c(O)[nH]c2c(I)cccc12. The van der Waals surface area contributed by atoms with Crippen LogP contribution in [0, 0.1) is 3.57 Å². The fourth-order valence-corrected chi connectivity index (χ4v) is 2.73. The number of benzene rings is 2. The summed E-state index contributed by atoms with van der Waals surface area (Å²) in [7, 11) is 0. The molecule has 3 rings (SSSR count). The first-order valence-corrected chi connectivity index (χ1v) is 7.37. The second-order valence-electron chi connectivity index (χ2n) is 4.49. The summed E-state index contributed by atoms with van der Waals surface area (Å²) in [6, 6.07) is 11.7. The molecule has 0 aliphatic rings. The third-order valence-electron chi connectivity index (χ3n) is 3.12. The largest absolute Gasteiger partial charge is 0.545 e. The van der Waals surface area contributed by atoms with Gasteiger partial charge in [0.05, 0.1) is 17.2 Å². The molecule has 1 aromatic heterocycles. The van der Waals surface area contributed by atoms with E-state index in [2.05, 4.69) is 37.8 Å². The van der Waals surface area contributed by atoms with E-state index in [-0.39, 0.29) is 22.8 Å². The van der Waals surface area contributed by atoms with Crippen LogP contribution in [0.5, 0.6) is 5.88 Å². The zero-order valence-electron chi connectivity index (χ0n) is 11.1. The number of aromatic hydroxyl groups is 1. The van der Waals surface area contributed by atoms with Gasteiger partial charge in [-0.05, 0) is 34.7 Å². The standard InChI is InChI=1S/C15H10IN3O3/c16-10-6-3-5-9-12(10)17-14(20)13(9)19-18-11-7-2-1-4-8(11)15(21)22/h1-7,17,20H,(H,21,22)/p-1. The Balaban J connectivity index is 2.09. The highest BCUT2D eigenvalue weighted by Crippen LogP contribution is 2.38. The van der Waals surface area contributed by atoms with Crippen molar-refractivity contribution in [1.82, 2.24) is 4.98 Å². The monoisotopic (exact) mass is 406 g/mol. The molecule has 22 heavy (non-hydrogen) atoms. The summed E-state index contributed by atoms with van der Waals surface area (Å²) >= 11 is 2.14. The van der Waals surface area contributed by atoms with Crippen molar-refractivity contribution < 1.29 is 15.0 Å². The number of azo groups is 1. The molecule has 0 radical (unpaired) electrons. The van der Waals surface area contributed by atoms with Gasteiger partial charge in [0.15, 0.2) is 5.69 Å². The summed E-state index contributed by atoms with van der Waals surface area (Å²) in [5.41, 5.74) is 1.13. The van der Waals surface area contributed by atoms with Gasteiger partial charge in [-0.15, -0.1) is 10.2 Å². The first-order chi connectivity index (χ1) is 10.6. The maximum atomic E-state index is 11.0. The highest BCUT2D eigenvalue weighted by Gasteiger charge is 2.12. The molecule has 2 N–H and O–H groups in total. The third kappa shape index (κ3) is 2.54. The number of halogens is 1. The minimum Gasteiger partial charge on any atom is -0.545 e. The molecule has 0 unspecified atom stereocenters. The van der Waals surface area contributed by atoms with Gasteiger partial charge in [0.25, 0.3) is 0 Å². The minimum absolute atomic E-state index is 0.0554. The molecule has 0 amide bonds. The molecule has 0 saturated heterocycles. The Bertz CT molecular complexity index is 902. The van der Waals surface area contributed by atoms with Gasteiger partial charge >= 0.3 is 0 Å². The van der Waals surface area contributed by atoms with Gasteiger partial charge in [-0.3, -0.25) is 0 Å². The smallest absolute Gasteiger partial charge is 0.218 e. The van der Waals surface area contributed by atoms with Crippen molar-refractivity contribution in [2.45, 2.75) is 0 Å². The van der Waals surface area contributed by atoms with Crippen molar-refractivity contribution in [3.63, 3.8) is 0 Å². The van der Waals surface area contributed by atoms with Gasteiger partial charge in [0.2, 0.25) is 5.88 Å². The van der Waals surface area contributed by atoms with E-state index in [0.29, 0.717) is 5.39 Å². The van der Waals surface area contributed by atoms with E-state index in [0.717, 1.165) is 9.09 Å². The van der Waals surface area contributed by atoms with Crippen LogP contribution in [0.3, 0.4) is 0 Å². The van der Waals surface area contributed by atoms with Crippen molar-refractivity contribution in [1.29, 1.82) is 0 Å². The summed E-state index contributed by atoms with van der Waals surface area (Å²) in [5, 5.41) is 29.6. The number of carbonyl (C=O) groups is 1. The molecule has 3 aromatic rings. The Morgan fingerprint density at radius 3 is 2.68 bits per heavy atom. The molecule has 0 aliphatic heterocycles. The number of para-hydroxylation sites is 1. The van der Waals surface area contributed by atoms with E-state index in [9.17, 15) is 15.0 Å². The molecular formula is C15H9IN3O3-. The maximum absolute atomic E-state index is 11.0. The summed E-state index contributed by atoms with van der Waals surface area (Å²) in [6.45, 7) is 0. The minimum atomic E-state index is -1.33. The van der Waals surface area contributed by atoms with Gasteiger partial charge in [-0.2, -0.15) is 0 Å². The Kier molecular flexibility index (Phi) is 3.80. The number of aromatic carboxylic acids is 1. The Morgan fingerprint density at radius 1 is 1.14 bits per heavy atom. The average Bonchev–Trinajstić information content (AvgIpc) is 2.82. The summed E-state index contributed by atoms with van der Waals surface area (Å²) in [6.07, 6.45) is 0. The zero-order valence-corrected chi connectivity index (χ0v) is 13.2. The van der Waals surface area contributed by atoms with Crippen LogP contribution in [-0.4, -0.2) is 16.1 Å². The number of aromatic amines is 1. The highest BCUT2D eigenvalue weighted by atomic mass is 127. The fraction of sp³-hybridized carbons (Fsp3) is 0. The predicted molar refractivity (Wildman–Crippen MR) is 87.6 cm³/mol. The van der Waals surface area contributed by atoms with Crippen LogP contribution < -0.4 is 5.11 Å². The van der Waals surface area contributed by atoms with E-state index in [4.69, 9.17) is 0 Å². The summed E-state index contributed by atoms with van der Waals surface area (Å²) < 4.78 is 0.932. The quantitative estimate of drug-likeness (QED) is 0.516. The number of nitrogens with one attached hydrogen (secondary N) is 1. The van der Waals surface area contributed by atoms with Crippen molar-refractivity contribution in [2.75, 3.05) is 0 Å². The molecule has 0 fully saturated rings. The third-order valence-corrected chi connectivity index (χ3v) is 4.02. The molecule has 0 bridgehead atoms. The van der Waals surface area contributed by atoms with Crippen LogP contribution in [0.4, 0.5) is 11.4 Å². The summed E-state index contributed by atoms with van der Waals surface area (Å²) in [4.78, 5) is 13.9. The molecule has 1 heterocycles. The van der Waals surface area contributed by atoms with Crippen molar-refractivity contribution in [2.24, 2.45) is 10.2 Å². The second-order valence-corrected chi connectivity index (χ2v) is 5.65. The maximum Gasteiger partial charge on any atom is 0.218 e. The normalized spacial score (nSPS) is 11.3. The molecular weight excluding hydrogens is 397 g/mol. The number of fused-ring (bicyclic) bond motifs is 1. The lowest BCUT2D eigenvalue weighted by molar-refractivity contribution is -0.254. The van der Waals surface area contributed by atoms with Crippen molar-refractivity contribution >= 4 is 50.8 Å². The molecule has 0 atom stereocenters. The van der Waals surface area contributed by atoms with Crippen LogP contribution >= 0.6 is 22.6 Å². The van der Waals surface area contributed by atoms with E-state index >= 15 is 0 Å². The van der Waals surface area contributed by atoms with E-state index in [1.165, 1.54) is 12.1 Å².